The Bertz CT molecular complexity index is 1020. The van der Waals surface area contributed by atoms with Gasteiger partial charge in [0, 0.05) is 12.3 Å². The Morgan fingerprint density at radius 2 is 1.57 bits per heavy atom. The molecule has 0 spiro atoms. The summed E-state index contributed by atoms with van der Waals surface area (Å²) < 4.78 is 5.24. The molecule has 0 aromatic heterocycles. The summed E-state index contributed by atoms with van der Waals surface area (Å²) in [5.74, 6) is -1.23. The van der Waals surface area contributed by atoms with Crippen LogP contribution in [-0.2, 0) is 16.1 Å². The number of amides is 2. The van der Waals surface area contributed by atoms with Crippen LogP contribution >= 0.6 is 0 Å². The fourth-order valence-corrected chi connectivity index (χ4v) is 3.03. The van der Waals surface area contributed by atoms with Crippen molar-refractivity contribution in [1.29, 1.82) is 0 Å². The van der Waals surface area contributed by atoms with Crippen LogP contribution < -0.4 is 0 Å². The molecular formula is C24H23NO5. The van der Waals surface area contributed by atoms with Crippen LogP contribution in [0.4, 0.5) is 0 Å². The van der Waals surface area contributed by atoms with E-state index in [4.69, 9.17) is 4.74 Å². The Labute approximate surface area is 175 Å². The van der Waals surface area contributed by atoms with Gasteiger partial charge in [0.25, 0.3) is 11.8 Å². The highest BCUT2D eigenvalue weighted by Crippen LogP contribution is 2.23. The maximum absolute atomic E-state index is 12.5. The summed E-state index contributed by atoms with van der Waals surface area (Å²) in [6.07, 6.45) is 5.94. The zero-order valence-corrected chi connectivity index (χ0v) is 17.1. The first-order chi connectivity index (χ1) is 14.2. The monoisotopic (exact) mass is 405 g/mol. The fourth-order valence-electron chi connectivity index (χ4n) is 3.03. The zero-order valence-electron chi connectivity index (χ0n) is 17.1. The number of ether oxygens (including phenoxy) is 1. The van der Waals surface area contributed by atoms with Crippen molar-refractivity contribution in [1.82, 2.24) is 4.90 Å². The van der Waals surface area contributed by atoms with Gasteiger partial charge in [0.1, 0.15) is 5.60 Å². The van der Waals surface area contributed by atoms with E-state index in [-0.39, 0.29) is 18.4 Å². The summed E-state index contributed by atoms with van der Waals surface area (Å²) in [5, 5.41) is 9.54. The number of imide groups is 1. The lowest BCUT2D eigenvalue weighted by Gasteiger charge is -2.17. The molecule has 0 bridgehead atoms. The summed E-state index contributed by atoms with van der Waals surface area (Å²) in [5.41, 5.74) is 2.13. The Balaban J connectivity index is 1.82. The smallest absolute Gasteiger partial charge is 0.331 e. The second kappa shape index (κ2) is 8.47. The van der Waals surface area contributed by atoms with E-state index in [0.29, 0.717) is 27.8 Å². The third kappa shape index (κ3) is 4.90. The van der Waals surface area contributed by atoms with Crippen molar-refractivity contribution in [3.8, 4) is 0 Å². The first-order valence-electron chi connectivity index (χ1n) is 9.49. The number of hydrogen-bond acceptors (Lipinski definition) is 5. The van der Waals surface area contributed by atoms with Crippen molar-refractivity contribution in [2.24, 2.45) is 0 Å². The van der Waals surface area contributed by atoms with Gasteiger partial charge in [-0.25, -0.2) is 9.69 Å². The van der Waals surface area contributed by atoms with Crippen LogP contribution in [0.3, 0.4) is 0 Å². The van der Waals surface area contributed by atoms with Crippen LogP contribution in [0.2, 0.25) is 0 Å². The summed E-state index contributed by atoms with van der Waals surface area (Å²) in [6, 6.07) is 11.9. The summed E-state index contributed by atoms with van der Waals surface area (Å²) in [6.45, 7) is 5.16. The number of rotatable bonds is 5. The van der Waals surface area contributed by atoms with E-state index >= 15 is 0 Å². The Hall–Kier alpha value is -3.51. The molecule has 1 heterocycles. The highest BCUT2D eigenvalue weighted by molar-refractivity contribution is 6.22. The highest BCUT2D eigenvalue weighted by atomic mass is 16.6. The van der Waals surface area contributed by atoms with Gasteiger partial charge in [-0.1, -0.05) is 12.1 Å². The van der Waals surface area contributed by atoms with Crippen LogP contribution in [0.25, 0.3) is 12.2 Å². The Morgan fingerprint density at radius 1 is 1.00 bits per heavy atom. The largest absolute Gasteiger partial charge is 0.457 e. The number of nitrogens with zero attached hydrogens (tertiary/aromatic N) is 1. The molecule has 0 aliphatic carbocycles. The molecule has 6 nitrogen and oxygen atoms in total. The van der Waals surface area contributed by atoms with E-state index in [0.717, 1.165) is 4.90 Å². The van der Waals surface area contributed by atoms with Gasteiger partial charge < -0.3 is 9.84 Å². The lowest BCUT2D eigenvalue weighted by molar-refractivity contribution is -0.148. The van der Waals surface area contributed by atoms with Crippen LogP contribution in [0.5, 0.6) is 0 Å². The molecule has 0 unspecified atom stereocenters. The number of fused-ring (bicyclic) bond motifs is 1. The topological polar surface area (TPSA) is 83.9 Å². The molecule has 6 heteroatoms. The predicted octanol–water partition coefficient (Wildman–Crippen LogP) is 3.80. The van der Waals surface area contributed by atoms with Crippen molar-refractivity contribution in [3.63, 3.8) is 0 Å². The highest BCUT2D eigenvalue weighted by Gasteiger charge is 2.33. The van der Waals surface area contributed by atoms with Gasteiger partial charge in [0.05, 0.1) is 17.7 Å². The molecule has 1 aliphatic heterocycles. The maximum Gasteiger partial charge on any atom is 0.331 e. The van der Waals surface area contributed by atoms with Crippen LogP contribution in [-0.4, -0.2) is 33.4 Å². The number of aliphatic hydroxyl groups is 1. The van der Waals surface area contributed by atoms with E-state index in [1.807, 2.05) is 0 Å². The normalized spacial score (nSPS) is 14.1. The molecule has 0 saturated carbocycles. The molecule has 154 valence electrons. The molecule has 30 heavy (non-hydrogen) atoms. The van der Waals surface area contributed by atoms with Crippen LogP contribution in [0.1, 0.15) is 58.2 Å². The number of esters is 1. The van der Waals surface area contributed by atoms with Gasteiger partial charge in [-0.3, -0.25) is 9.59 Å². The summed E-state index contributed by atoms with van der Waals surface area (Å²) >= 11 is 0. The minimum Gasteiger partial charge on any atom is -0.457 e. The van der Waals surface area contributed by atoms with Crippen molar-refractivity contribution < 1.29 is 24.2 Å². The minimum atomic E-state index is -0.589. The number of benzene rings is 2. The summed E-state index contributed by atoms with van der Waals surface area (Å²) in [7, 11) is 0. The summed E-state index contributed by atoms with van der Waals surface area (Å²) in [4.78, 5) is 37.9. The molecule has 3 rings (SSSR count). The third-order valence-corrected chi connectivity index (χ3v) is 4.28. The van der Waals surface area contributed by atoms with Gasteiger partial charge in [-0.15, -0.1) is 0 Å². The lowest BCUT2D eigenvalue weighted by atomic mass is 10.1. The van der Waals surface area contributed by atoms with Crippen LogP contribution in [0.15, 0.2) is 54.7 Å². The molecule has 0 saturated heterocycles. The van der Waals surface area contributed by atoms with Gasteiger partial charge >= 0.3 is 5.97 Å². The van der Waals surface area contributed by atoms with Gasteiger partial charge in [-0.05, 0) is 79.9 Å². The number of carbonyl (C=O) groups excluding carboxylic acids is 3. The average molecular weight is 405 g/mol. The number of carbonyl (C=O) groups is 3. The van der Waals surface area contributed by atoms with Crippen molar-refractivity contribution in [2.45, 2.75) is 33.0 Å². The van der Waals surface area contributed by atoms with Crippen molar-refractivity contribution in [2.75, 3.05) is 0 Å². The van der Waals surface area contributed by atoms with Gasteiger partial charge in [-0.2, -0.15) is 0 Å². The van der Waals surface area contributed by atoms with E-state index in [2.05, 4.69) is 0 Å². The van der Waals surface area contributed by atoms with Crippen molar-refractivity contribution >= 4 is 29.9 Å². The standard InChI is InChI=1S/C24H23NO5/c1-24(2,3)30-21(27)9-8-16-12-17(14-18(13-16)15-26)10-11-25-22(28)19-6-4-5-7-20(19)23(25)29/h4-14,26H,15H2,1-3H3/b9-8+,11-10+. The SMILES string of the molecule is CC(C)(C)OC(=O)/C=C/c1cc(/C=C/N2C(=O)c3ccccc3C2=O)cc(CO)c1. The maximum atomic E-state index is 12.5. The third-order valence-electron chi connectivity index (χ3n) is 4.28. The quantitative estimate of drug-likeness (QED) is 0.465. The fraction of sp³-hybridized carbons (Fsp3) is 0.208. The van der Waals surface area contributed by atoms with E-state index < -0.39 is 11.6 Å². The average Bonchev–Trinajstić information content (AvgIpc) is 2.94. The second-order valence-corrected chi connectivity index (χ2v) is 7.87. The molecule has 2 amide bonds. The molecule has 0 atom stereocenters. The van der Waals surface area contributed by atoms with Gasteiger partial charge in [0.2, 0.25) is 0 Å². The molecule has 2 aromatic carbocycles. The first-order valence-corrected chi connectivity index (χ1v) is 9.49. The van der Waals surface area contributed by atoms with E-state index in [1.54, 1.807) is 75.4 Å². The van der Waals surface area contributed by atoms with E-state index in [9.17, 15) is 19.5 Å². The second-order valence-electron chi connectivity index (χ2n) is 7.87. The number of hydrogen-bond donors (Lipinski definition) is 1. The number of aliphatic hydroxyl groups excluding tert-OH is 1. The zero-order chi connectivity index (χ0) is 21.9. The van der Waals surface area contributed by atoms with E-state index in [1.165, 1.54) is 12.3 Å². The molecule has 0 radical (unpaired) electrons. The first kappa shape index (κ1) is 21.2. The van der Waals surface area contributed by atoms with Gasteiger partial charge in [0.15, 0.2) is 0 Å². The molecule has 1 N–H and O–H groups in total. The van der Waals surface area contributed by atoms with Crippen LogP contribution in [0, 0.1) is 0 Å². The minimum absolute atomic E-state index is 0.192. The van der Waals surface area contributed by atoms with Crippen molar-refractivity contribution in [3.05, 3.63) is 82.6 Å². The Kier molecular flexibility index (Phi) is 5.99. The Morgan fingerprint density at radius 3 is 2.10 bits per heavy atom. The molecule has 1 aliphatic rings. The molecule has 2 aromatic rings. The molecule has 0 fully saturated rings. The molecular weight excluding hydrogens is 382 g/mol. The predicted molar refractivity (Wildman–Crippen MR) is 113 cm³/mol. The lowest BCUT2D eigenvalue weighted by Crippen LogP contribution is -2.23.